The molecule has 0 bridgehead atoms. The molecule has 0 aromatic heterocycles. The minimum atomic E-state index is -0.469. The van der Waals surface area contributed by atoms with Gasteiger partial charge in [0, 0.05) is 30.2 Å². The molecule has 0 radical (unpaired) electrons. The van der Waals surface area contributed by atoms with Gasteiger partial charge in [-0.3, -0.25) is 4.79 Å². The number of nitrogens with zero attached hydrogens (tertiary/aromatic N) is 1. The van der Waals surface area contributed by atoms with Crippen molar-refractivity contribution in [3.05, 3.63) is 54.3 Å². The van der Waals surface area contributed by atoms with E-state index in [4.69, 9.17) is 0 Å². The van der Waals surface area contributed by atoms with Gasteiger partial charge in [0.1, 0.15) is 11.9 Å². The first-order valence-corrected chi connectivity index (χ1v) is 8.80. The van der Waals surface area contributed by atoms with Crippen LogP contribution in [0.1, 0.15) is 26.2 Å². The van der Waals surface area contributed by atoms with Crippen LogP contribution in [0.5, 0.6) is 0 Å². The van der Waals surface area contributed by atoms with Crippen LogP contribution >= 0.6 is 0 Å². The van der Waals surface area contributed by atoms with Crippen LogP contribution in [0.25, 0.3) is 0 Å². The summed E-state index contributed by atoms with van der Waals surface area (Å²) in [5, 5.41) is 5.90. The molecule has 1 heterocycles. The Kier molecular flexibility index (Phi) is 5.53. The van der Waals surface area contributed by atoms with Crippen molar-refractivity contribution in [2.75, 3.05) is 28.6 Å². The largest absolute Gasteiger partial charge is 0.374 e. The van der Waals surface area contributed by atoms with Gasteiger partial charge in [0.25, 0.3) is 0 Å². The lowest BCUT2D eigenvalue weighted by atomic mass is 10.1. The molecule has 1 amide bonds. The van der Waals surface area contributed by atoms with Crippen LogP contribution in [-0.2, 0) is 4.79 Å². The lowest BCUT2D eigenvalue weighted by molar-refractivity contribution is -0.116. The third-order valence-electron chi connectivity index (χ3n) is 4.46. The lowest BCUT2D eigenvalue weighted by Gasteiger charge is -2.28. The summed E-state index contributed by atoms with van der Waals surface area (Å²) in [6.45, 7) is 3.95. The highest BCUT2D eigenvalue weighted by Crippen LogP contribution is 2.22. The second-order valence-corrected chi connectivity index (χ2v) is 6.46. The Morgan fingerprint density at radius 3 is 2.44 bits per heavy atom. The SMILES string of the molecule is CC(Nc1cccc(F)c1)C(=O)Nc1ccc(N2CCCCC2)cc1. The topological polar surface area (TPSA) is 44.4 Å². The Bertz CT molecular complexity index is 711. The smallest absolute Gasteiger partial charge is 0.246 e. The first-order valence-electron chi connectivity index (χ1n) is 8.80. The van der Waals surface area contributed by atoms with Crippen LogP contribution in [0, 0.1) is 5.82 Å². The first kappa shape index (κ1) is 17.3. The van der Waals surface area contributed by atoms with E-state index in [9.17, 15) is 9.18 Å². The summed E-state index contributed by atoms with van der Waals surface area (Å²) in [7, 11) is 0. The van der Waals surface area contributed by atoms with E-state index in [0.29, 0.717) is 5.69 Å². The number of hydrogen-bond donors (Lipinski definition) is 2. The molecule has 1 fully saturated rings. The minimum absolute atomic E-state index is 0.157. The molecule has 0 spiro atoms. The Balaban J connectivity index is 1.56. The summed E-state index contributed by atoms with van der Waals surface area (Å²) in [6, 6.07) is 13.6. The zero-order valence-corrected chi connectivity index (χ0v) is 14.5. The molecule has 1 saturated heterocycles. The van der Waals surface area contributed by atoms with Gasteiger partial charge in [-0.15, -0.1) is 0 Å². The van der Waals surface area contributed by atoms with Gasteiger partial charge in [-0.1, -0.05) is 6.07 Å². The van der Waals surface area contributed by atoms with E-state index in [1.54, 1.807) is 19.1 Å². The predicted molar refractivity (Wildman–Crippen MR) is 101 cm³/mol. The molecular weight excluding hydrogens is 317 g/mol. The molecule has 1 aliphatic rings. The number of anilines is 3. The molecule has 1 unspecified atom stereocenters. The number of halogens is 1. The average molecular weight is 341 g/mol. The molecule has 25 heavy (non-hydrogen) atoms. The van der Waals surface area contributed by atoms with Gasteiger partial charge in [-0.25, -0.2) is 4.39 Å². The van der Waals surface area contributed by atoms with E-state index in [1.165, 1.54) is 37.1 Å². The minimum Gasteiger partial charge on any atom is -0.374 e. The van der Waals surface area contributed by atoms with E-state index in [0.717, 1.165) is 18.8 Å². The third-order valence-corrected chi connectivity index (χ3v) is 4.46. The fraction of sp³-hybridized carbons (Fsp3) is 0.350. The van der Waals surface area contributed by atoms with Gasteiger partial charge in [0.2, 0.25) is 5.91 Å². The molecule has 2 N–H and O–H groups in total. The number of hydrogen-bond acceptors (Lipinski definition) is 3. The molecule has 1 atom stereocenters. The van der Waals surface area contributed by atoms with Crippen molar-refractivity contribution in [2.24, 2.45) is 0 Å². The third kappa shape index (κ3) is 4.72. The van der Waals surface area contributed by atoms with Gasteiger partial charge in [0.05, 0.1) is 0 Å². The highest BCUT2D eigenvalue weighted by atomic mass is 19.1. The molecule has 0 aliphatic carbocycles. The molecule has 4 nitrogen and oxygen atoms in total. The van der Waals surface area contributed by atoms with E-state index in [-0.39, 0.29) is 11.7 Å². The van der Waals surface area contributed by atoms with E-state index < -0.39 is 6.04 Å². The summed E-state index contributed by atoms with van der Waals surface area (Å²) >= 11 is 0. The quantitative estimate of drug-likeness (QED) is 0.854. The number of carbonyl (C=O) groups is 1. The fourth-order valence-electron chi connectivity index (χ4n) is 3.05. The van der Waals surface area contributed by atoms with Crippen LogP contribution < -0.4 is 15.5 Å². The van der Waals surface area contributed by atoms with Gasteiger partial charge < -0.3 is 15.5 Å². The summed E-state index contributed by atoms with van der Waals surface area (Å²) in [5.74, 6) is -0.485. The van der Waals surface area contributed by atoms with E-state index in [2.05, 4.69) is 15.5 Å². The summed E-state index contributed by atoms with van der Waals surface area (Å²) < 4.78 is 13.2. The number of piperidine rings is 1. The zero-order valence-electron chi connectivity index (χ0n) is 14.5. The Hall–Kier alpha value is -2.56. The lowest BCUT2D eigenvalue weighted by Crippen LogP contribution is -2.32. The summed E-state index contributed by atoms with van der Waals surface area (Å²) in [6.07, 6.45) is 3.78. The van der Waals surface area contributed by atoms with Gasteiger partial charge >= 0.3 is 0 Å². The molecule has 1 aliphatic heterocycles. The predicted octanol–water partition coefficient (Wildman–Crippen LogP) is 4.26. The van der Waals surface area contributed by atoms with Gasteiger partial charge in [0.15, 0.2) is 0 Å². The zero-order chi connectivity index (χ0) is 17.6. The second-order valence-electron chi connectivity index (χ2n) is 6.46. The van der Waals surface area contributed by atoms with Crippen LogP contribution in [-0.4, -0.2) is 25.0 Å². The van der Waals surface area contributed by atoms with Crippen LogP contribution in [0.3, 0.4) is 0 Å². The Morgan fingerprint density at radius 1 is 1.04 bits per heavy atom. The standard InChI is InChI=1S/C20H24FN3O/c1-15(22-18-7-5-6-16(21)14-18)20(25)23-17-8-10-19(11-9-17)24-12-3-2-4-13-24/h5-11,14-15,22H,2-4,12-13H2,1H3,(H,23,25). The first-order chi connectivity index (χ1) is 12.1. The number of rotatable bonds is 5. The highest BCUT2D eigenvalue weighted by Gasteiger charge is 2.14. The maximum absolute atomic E-state index is 13.2. The van der Waals surface area contributed by atoms with E-state index in [1.807, 2.05) is 24.3 Å². The highest BCUT2D eigenvalue weighted by molar-refractivity contribution is 5.96. The maximum Gasteiger partial charge on any atom is 0.246 e. The molecule has 3 rings (SSSR count). The summed E-state index contributed by atoms with van der Waals surface area (Å²) in [5.41, 5.74) is 2.55. The number of carbonyl (C=O) groups excluding carboxylic acids is 1. The molecule has 2 aromatic rings. The van der Waals surface area contributed by atoms with Gasteiger partial charge in [-0.2, -0.15) is 0 Å². The second kappa shape index (κ2) is 8.01. The van der Waals surface area contributed by atoms with Crippen molar-refractivity contribution in [3.8, 4) is 0 Å². The number of benzene rings is 2. The van der Waals surface area contributed by atoms with E-state index >= 15 is 0 Å². The summed E-state index contributed by atoms with van der Waals surface area (Å²) in [4.78, 5) is 14.7. The van der Waals surface area contributed by atoms with Crippen molar-refractivity contribution < 1.29 is 9.18 Å². The molecule has 0 saturated carbocycles. The van der Waals surface area contributed by atoms with Crippen molar-refractivity contribution in [3.63, 3.8) is 0 Å². The fourth-order valence-corrected chi connectivity index (χ4v) is 3.05. The van der Waals surface area contributed by atoms with Crippen molar-refractivity contribution in [2.45, 2.75) is 32.2 Å². The Morgan fingerprint density at radius 2 is 1.76 bits per heavy atom. The maximum atomic E-state index is 13.2. The molecule has 2 aromatic carbocycles. The van der Waals surface area contributed by atoms with Crippen molar-refractivity contribution in [1.29, 1.82) is 0 Å². The van der Waals surface area contributed by atoms with Crippen LogP contribution in [0.2, 0.25) is 0 Å². The average Bonchev–Trinajstić information content (AvgIpc) is 2.63. The normalized spacial score (nSPS) is 15.5. The monoisotopic (exact) mass is 341 g/mol. The molecular formula is C20H24FN3O. The molecule has 5 heteroatoms. The van der Waals surface area contributed by atoms with Gasteiger partial charge in [-0.05, 0) is 68.7 Å². The Labute approximate surface area is 148 Å². The number of amides is 1. The van der Waals surface area contributed by atoms with Crippen LogP contribution in [0.4, 0.5) is 21.5 Å². The number of nitrogens with one attached hydrogen (secondary N) is 2. The van der Waals surface area contributed by atoms with Crippen molar-refractivity contribution >= 4 is 23.0 Å². The van der Waals surface area contributed by atoms with Crippen LogP contribution in [0.15, 0.2) is 48.5 Å². The molecule has 132 valence electrons. The van der Waals surface area contributed by atoms with Crippen molar-refractivity contribution in [1.82, 2.24) is 0 Å².